The highest BCUT2D eigenvalue weighted by atomic mass is 16.5. The third-order valence-corrected chi connectivity index (χ3v) is 2.39. The molecule has 0 bridgehead atoms. The molecule has 1 aromatic rings. The van der Waals surface area contributed by atoms with Crippen molar-refractivity contribution in [3.63, 3.8) is 0 Å². The first-order valence-corrected chi connectivity index (χ1v) is 4.99. The van der Waals surface area contributed by atoms with Crippen molar-refractivity contribution in [2.45, 2.75) is 25.8 Å². The zero-order chi connectivity index (χ0) is 11.4. The molecule has 3 nitrogen and oxygen atoms in total. The van der Waals surface area contributed by atoms with Crippen molar-refractivity contribution in [1.82, 2.24) is 0 Å². The summed E-state index contributed by atoms with van der Waals surface area (Å²) in [5, 5.41) is 0. The van der Waals surface area contributed by atoms with Crippen molar-refractivity contribution in [1.29, 1.82) is 0 Å². The van der Waals surface area contributed by atoms with E-state index in [0.717, 1.165) is 5.56 Å². The van der Waals surface area contributed by atoms with Crippen LogP contribution in [0.3, 0.4) is 0 Å². The fourth-order valence-electron chi connectivity index (χ4n) is 1.37. The molecular formula is C12H17NO2. The van der Waals surface area contributed by atoms with Gasteiger partial charge in [-0.05, 0) is 17.0 Å². The van der Waals surface area contributed by atoms with Crippen molar-refractivity contribution in [3.05, 3.63) is 35.4 Å². The van der Waals surface area contributed by atoms with Crippen LogP contribution < -0.4 is 5.73 Å². The number of rotatable bonds is 3. The van der Waals surface area contributed by atoms with E-state index in [2.05, 4.69) is 18.6 Å². The lowest BCUT2D eigenvalue weighted by Gasteiger charge is -2.12. The molecule has 1 atom stereocenters. The minimum absolute atomic E-state index is 0.407. The van der Waals surface area contributed by atoms with Crippen molar-refractivity contribution in [2.75, 3.05) is 7.11 Å². The van der Waals surface area contributed by atoms with Crippen LogP contribution in [0.1, 0.15) is 36.9 Å². The van der Waals surface area contributed by atoms with Crippen LogP contribution in [0.4, 0.5) is 0 Å². The molecule has 2 N–H and O–H groups in total. The lowest BCUT2D eigenvalue weighted by molar-refractivity contribution is -0.142. The SMILES string of the molecule is COC(=O)[C@@H](N)c1cccc(C(C)C)c1. The van der Waals surface area contributed by atoms with Crippen LogP contribution in [0.2, 0.25) is 0 Å². The number of benzene rings is 1. The molecule has 0 saturated carbocycles. The Morgan fingerprint density at radius 3 is 2.47 bits per heavy atom. The van der Waals surface area contributed by atoms with Gasteiger partial charge >= 0.3 is 5.97 Å². The highest BCUT2D eigenvalue weighted by Crippen LogP contribution is 2.19. The summed E-state index contributed by atoms with van der Waals surface area (Å²) in [5.74, 6) is 0.0192. The summed E-state index contributed by atoms with van der Waals surface area (Å²) in [7, 11) is 1.34. The minimum atomic E-state index is -0.686. The molecule has 82 valence electrons. The molecule has 0 aliphatic rings. The van der Waals surface area contributed by atoms with E-state index in [0.29, 0.717) is 5.92 Å². The van der Waals surface area contributed by atoms with Gasteiger partial charge in [0.1, 0.15) is 6.04 Å². The van der Waals surface area contributed by atoms with E-state index in [4.69, 9.17) is 5.73 Å². The fourth-order valence-corrected chi connectivity index (χ4v) is 1.37. The fraction of sp³-hybridized carbons (Fsp3) is 0.417. The van der Waals surface area contributed by atoms with Crippen LogP contribution in [0.25, 0.3) is 0 Å². The summed E-state index contributed by atoms with van der Waals surface area (Å²) in [4.78, 5) is 11.2. The Hall–Kier alpha value is -1.35. The highest BCUT2D eigenvalue weighted by Gasteiger charge is 2.16. The average molecular weight is 207 g/mol. The van der Waals surface area contributed by atoms with E-state index in [-0.39, 0.29) is 0 Å². The zero-order valence-electron chi connectivity index (χ0n) is 9.36. The standard InChI is InChI=1S/C12H17NO2/c1-8(2)9-5-4-6-10(7-9)11(13)12(14)15-3/h4-8,11H,13H2,1-3H3/t11-/m0/s1. The zero-order valence-corrected chi connectivity index (χ0v) is 9.36. The van der Waals surface area contributed by atoms with Crippen LogP contribution in [-0.4, -0.2) is 13.1 Å². The molecule has 0 amide bonds. The van der Waals surface area contributed by atoms with Gasteiger partial charge in [0.25, 0.3) is 0 Å². The normalized spacial score (nSPS) is 12.6. The van der Waals surface area contributed by atoms with Gasteiger partial charge in [-0.3, -0.25) is 4.79 Å². The summed E-state index contributed by atoms with van der Waals surface area (Å²) in [6, 6.07) is 7.04. The Morgan fingerprint density at radius 1 is 1.33 bits per heavy atom. The molecule has 0 spiro atoms. The first-order valence-electron chi connectivity index (χ1n) is 4.99. The Labute approximate surface area is 90.2 Å². The van der Waals surface area contributed by atoms with Gasteiger partial charge < -0.3 is 10.5 Å². The molecule has 0 aliphatic heterocycles. The number of nitrogens with two attached hydrogens (primary N) is 1. The van der Waals surface area contributed by atoms with E-state index in [1.807, 2.05) is 24.3 Å². The molecular weight excluding hydrogens is 190 g/mol. The summed E-state index contributed by atoms with van der Waals surface area (Å²) in [6.07, 6.45) is 0. The van der Waals surface area contributed by atoms with E-state index in [1.54, 1.807) is 0 Å². The van der Waals surface area contributed by atoms with Gasteiger partial charge in [0.2, 0.25) is 0 Å². The van der Waals surface area contributed by atoms with Gasteiger partial charge in [0, 0.05) is 0 Å². The van der Waals surface area contributed by atoms with E-state index >= 15 is 0 Å². The minimum Gasteiger partial charge on any atom is -0.468 e. The Kier molecular flexibility index (Phi) is 3.86. The first kappa shape index (κ1) is 11.7. The summed E-state index contributed by atoms with van der Waals surface area (Å²) in [6.45, 7) is 4.20. The largest absolute Gasteiger partial charge is 0.468 e. The van der Waals surface area contributed by atoms with Crippen LogP contribution >= 0.6 is 0 Å². The lowest BCUT2D eigenvalue weighted by Crippen LogP contribution is -2.22. The van der Waals surface area contributed by atoms with Crippen LogP contribution in [0.5, 0.6) is 0 Å². The summed E-state index contributed by atoms with van der Waals surface area (Å²) >= 11 is 0. The summed E-state index contributed by atoms with van der Waals surface area (Å²) < 4.78 is 4.60. The van der Waals surface area contributed by atoms with Crippen molar-refractivity contribution in [3.8, 4) is 0 Å². The van der Waals surface area contributed by atoms with Gasteiger partial charge in [-0.2, -0.15) is 0 Å². The molecule has 0 fully saturated rings. The summed E-state index contributed by atoms with van der Waals surface area (Å²) in [5.41, 5.74) is 7.72. The maximum absolute atomic E-state index is 11.2. The quantitative estimate of drug-likeness (QED) is 0.771. The number of hydrogen-bond acceptors (Lipinski definition) is 3. The number of esters is 1. The van der Waals surface area contributed by atoms with Gasteiger partial charge in [0.05, 0.1) is 7.11 Å². The maximum atomic E-state index is 11.2. The van der Waals surface area contributed by atoms with Gasteiger partial charge in [-0.1, -0.05) is 38.1 Å². The number of carbonyl (C=O) groups is 1. The van der Waals surface area contributed by atoms with E-state index in [9.17, 15) is 4.79 Å². The van der Waals surface area contributed by atoms with Crippen molar-refractivity contribution in [2.24, 2.45) is 5.73 Å². The van der Waals surface area contributed by atoms with Gasteiger partial charge in [-0.25, -0.2) is 0 Å². The first-order chi connectivity index (χ1) is 7.06. The second-order valence-corrected chi connectivity index (χ2v) is 3.83. The van der Waals surface area contributed by atoms with Gasteiger partial charge in [-0.15, -0.1) is 0 Å². The van der Waals surface area contributed by atoms with Crippen molar-refractivity contribution < 1.29 is 9.53 Å². The molecule has 0 radical (unpaired) electrons. The molecule has 15 heavy (non-hydrogen) atoms. The smallest absolute Gasteiger partial charge is 0.327 e. The van der Waals surface area contributed by atoms with E-state index in [1.165, 1.54) is 12.7 Å². The lowest BCUT2D eigenvalue weighted by atomic mass is 9.98. The Bertz CT molecular complexity index is 347. The molecule has 0 aliphatic carbocycles. The number of methoxy groups -OCH3 is 1. The second-order valence-electron chi connectivity index (χ2n) is 3.83. The predicted molar refractivity (Wildman–Crippen MR) is 59.5 cm³/mol. The maximum Gasteiger partial charge on any atom is 0.327 e. The topological polar surface area (TPSA) is 52.3 Å². The van der Waals surface area contributed by atoms with Crippen LogP contribution in [0, 0.1) is 0 Å². The Balaban J connectivity index is 2.95. The molecule has 0 heterocycles. The monoisotopic (exact) mass is 207 g/mol. The van der Waals surface area contributed by atoms with Crippen LogP contribution in [0.15, 0.2) is 24.3 Å². The molecule has 3 heteroatoms. The predicted octanol–water partition coefficient (Wildman–Crippen LogP) is 1.98. The second kappa shape index (κ2) is 4.94. The molecule has 1 aromatic carbocycles. The average Bonchev–Trinajstić information content (AvgIpc) is 2.27. The molecule has 0 aromatic heterocycles. The number of hydrogen-bond donors (Lipinski definition) is 1. The molecule has 0 unspecified atom stereocenters. The van der Waals surface area contributed by atoms with E-state index < -0.39 is 12.0 Å². The van der Waals surface area contributed by atoms with Crippen molar-refractivity contribution >= 4 is 5.97 Å². The van der Waals surface area contributed by atoms with Gasteiger partial charge in [0.15, 0.2) is 0 Å². The number of carbonyl (C=O) groups excluding carboxylic acids is 1. The third-order valence-electron chi connectivity index (χ3n) is 2.39. The Morgan fingerprint density at radius 2 is 1.93 bits per heavy atom. The molecule has 0 saturated heterocycles. The third kappa shape index (κ3) is 2.80. The highest BCUT2D eigenvalue weighted by molar-refractivity contribution is 5.77. The molecule has 1 rings (SSSR count). The number of ether oxygens (including phenoxy) is 1. The van der Waals surface area contributed by atoms with Crippen LogP contribution in [-0.2, 0) is 9.53 Å².